The minimum absolute atomic E-state index is 0. The Labute approximate surface area is 149 Å². The topological polar surface area (TPSA) is 68.8 Å². The van der Waals surface area contributed by atoms with Gasteiger partial charge in [0.15, 0.2) is 11.5 Å². The van der Waals surface area contributed by atoms with Gasteiger partial charge in [0.2, 0.25) is 5.75 Å². The number of nitrogens with one attached hydrogen (secondary N) is 2. The van der Waals surface area contributed by atoms with E-state index in [0.717, 1.165) is 25.9 Å². The molecule has 1 atom stereocenters. The van der Waals surface area contributed by atoms with E-state index in [0.29, 0.717) is 29.4 Å². The molecule has 1 amide bonds. The number of amides is 1. The molecule has 0 aliphatic carbocycles. The second-order valence-electron chi connectivity index (χ2n) is 6.19. The van der Waals surface area contributed by atoms with Crippen LogP contribution in [0.2, 0.25) is 0 Å². The minimum Gasteiger partial charge on any atom is -0.493 e. The summed E-state index contributed by atoms with van der Waals surface area (Å²) in [4.78, 5) is 12.5. The molecule has 1 fully saturated rings. The zero-order chi connectivity index (χ0) is 16.9. The molecule has 0 radical (unpaired) electrons. The Bertz CT molecular complexity index is 535. The molecule has 1 unspecified atom stereocenters. The molecule has 1 heterocycles. The van der Waals surface area contributed by atoms with E-state index in [4.69, 9.17) is 14.2 Å². The summed E-state index contributed by atoms with van der Waals surface area (Å²) >= 11 is 0. The van der Waals surface area contributed by atoms with Crippen LogP contribution in [-0.2, 0) is 0 Å². The van der Waals surface area contributed by atoms with Gasteiger partial charge in [-0.05, 0) is 36.9 Å². The van der Waals surface area contributed by atoms with Gasteiger partial charge in [0.25, 0.3) is 5.91 Å². The fraction of sp³-hybridized carbons (Fsp3) is 0.588. The lowest BCUT2D eigenvalue weighted by molar-refractivity contribution is 0.0924. The van der Waals surface area contributed by atoms with Crippen molar-refractivity contribution in [3.63, 3.8) is 0 Å². The predicted molar refractivity (Wildman–Crippen MR) is 95.9 cm³/mol. The lowest BCUT2D eigenvalue weighted by atomic mass is 9.83. The fourth-order valence-corrected chi connectivity index (χ4v) is 2.88. The highest BCUT2D eigenvalue weighted by Crippen LogP contribution is 2.38. The lowest BCUT2D eigenvalue weighted by Gasteiger charge is -2.34. The van der Waals surface area contributed by atoms with Gasteiger partial charge < -0.3 is 24.8 Å². The Morgan fingerprint density at radius 1 is 1.21 bits per heavy atom. The van der Waals surface area contributed by atoms with Crippen molar-refractivity contribution in [1.82, 2.24) is 10.6 Å². The van der Waals surface area contributed by atoms with Crippen LogP contribution in [0.5, 0.6) is 17.2 Å². The van der Waals surface area contributed by atoms with Crippen LogP contribution >= 0.6 is 12.4 Å². The molecule has 0 saturated carbocycles. The number of carbonyl (C=O) groups excluding carboxylic acids is 1. The number of benzene rings is 1. The number of ether oxygens (including phenoxy) is 3. The summed E-state index contributed by atoms with van der Waals surface area (Å²) in [5.41, 5.74) is 0.584. The number of halogens is 1. The highest BCUT2D eigenvalue weighted by atomic mass is 35.5. The van der Waals surface area contributed by atoms with Crippen molar-refractivity contribution >= 4 is 18.3 Å². The molecule has 0 bridgehead atoms. The van der Waals surface area contributed by atoms with E-state index in [9.17, 15) is 4.79 Å². The van der Waals surface area contributed by atoms with Gasteiger partial charge in [-0.3, -0.25) is 4.79 Å². The van der Waals surface area contributed by atoms with Gasteiger partial charge in [-0.25, -0.2) is 0 Å². The lowest BCUT2D eigenvalue weighted by Crippen LogP contribution is -2.45. The normalized spacial score (nSPS) is 19.8. The van der Waals surface area contributed by atoms with Crippen molar-refractivity contribution in [1.29, 1.82) is 0 Å². The van der Waals surface area contributed by atoms with Gasteiger partial charge >= 0.3 is 0 Å². The molecule has 136 valence electrons. The molecule has 1 aliphatic heterocycles. The third-order valence-electron chi connectivity index (χ3n) is 4.29. The van der Waals surface area contributed by atoms with Gasteiger partial charge in [0.1, 0.15) is 0 Å². The molecule has 6 nitrogen and oxygen atoms in total. The highest BCUT2D eigenvalue weighted by molar-refractivity contribution is 5.95. The Hall–Kier alpha value is -1.66. The average molecular weight is 359 g/mol. The maximum absolute atomic E-state index is 12.5. The van der Waals surface area contributed by atoms with Crippen molar-refractivity contribution in [3.05, 3.63) is 17.7 Å². The van der Waals surface area contributed by atoms with Crippen LogP contribution in [-0.4, -0.2) is 46.9 Å². The van der Waals surface area contributed by atoms with E-state index in [2.05, 4.69) is 17.6 Å². The molecule has 1 aromatic rings. The number of carbonyl (C=O) groups is 1. The quantitative estimate of drug-likeness (QED) is 0.816. The van der Waals surface area contributed by atoms with Crippen molar-refractivity contribution in [3.8, 4) is 17.2 Å². The first-order valence-corrected chi connectivity index (χ1v) is 7.82. The molecule has 1 aromatic carbocycles. The molecule has 1 aliphatic rings. The van der Waals surface area contributed by atoms with Crippen LogP contribution in [0.15, 0.2) is 12.1 Å². The van der Waals surface area contributed by atoms with Crippen LogP contribution in [0.3, 0.4) is 0 Å². The molecular formula is C17H27ClN2O4. The van der Waals surface area contributed by atoms with Gasteiger partial charge in [0.05, 0.1) is 21.3 Å². The monoisotopic (exact) mass is 358 g/mol. The Morgan fingerprint density at radius 2 is 1.83 bits per heavy atom. The smallest absolute Gasteiger partial charge is 0.251 e. The van der Waals surface area contributed by atoms with E-state index < -0.39 is 0 Å². The Kier molecular flexibility index (Phi) is 7.63. The fourth-order valence-electron chi connectivity index (χ4n) is 2.88. The van der Waals surface area contributed by atoms with Crippen molar-refractivity contribution < 1.29 is 19.0 Å². The third-order valence-corrected chi connectivity index (χ3v) is 4.29. The summed E-state index contributed by atoms with van der Waals surface area (Å²) < 4.78 is 15.9. The summed E-state index contributed by atoms with van der Waals surface area (Å²) in [7, 11) is 4.61. The third kappa shape index (κ3) is 4.68. The number of hydrogen-bond donors (Lipinski definition) is 2. The zero-order valence-electron chi connectivity index (χ0n) is 14.7. The molecule has 0 spiro atoms. The highest BCUT2D eigenvalue weighted by Gasteiger charge is 2.27. The first-order valence-electron chi connectivity index (χ1n) is 7.82. The summed E-state index contributed by atoms with van der Waals surface area (Å²) in [5, 5.41) is 6.40. The number of rotatable bonds is 6. The molecule has 2 rings (SSSR count). The Balaban J connectivity index is 0.00000288. The number of hydrogen-bond acceptors (Lipinski definition) is 5. The second kappa shape index (κ2) is 8.99. The standard InChI is InChI=1S/C17H26N2O4.ClH/c1-17(6-5-7-18-10-17)11-19-16(20)12-8-13(21-2)15(23-4)14(9-12)22-3;/h8-9,18H,5-7,10-11H2,1-4H3,(H,19,20);1H. The van der Waals surface area contributed by atoms with Crippen LogP contribution in [0.25, 0.3) is 0 Å². The largest absolute Gasteiger partial charge is 0.493 e. The molecule has 1 saturated heterocycles. The molecule has 24 heavy (non-hydrogen) atoms. The van der Waals surface area contributed by atoms with E-state index >= 15 is 0 Å². The molecule has 7 heteroatoms. The summed E-state index contributed by atoms with van der Waals surface area (Å²) in [6.45, 7) is 4.79. The van der Waals surface area contributed by atoms with E-state index in [1.807, 2.05) is 0 Å². The SMILES string of the molecule is COc1cc(C(=O)NCC2(C)CCCNC2)cc(OC)c1OC.Cl. The first-order chi connectivity index (χ1) is 11.0. The van der Waals surface area contributed by atoms with Crippen molar-refractivity contribution in [2.45, 2.75) is 19.8 Å². The van der Waals surface area contributed by atoms with Crippen LogP contribution in [0.4, 0.5) is 0 Å². The van der Waals surface area contributed by atoms with Crippen LogP contribution in [0.1, 0.15) is 30.1 Å². The molecular weight excluding hydrogens is 332 g/mol. The Morgan fingerprint density at radius 3 is 2.29 bits per heavy atom. The first kappa shape index (κ1) is 20.4. The van der Waals surface area contributed by atoms with E-state index in [1.165, 1.54) is 21.3 Å². The second-order valence-corrected chi connectivity index (χ2v) is 6.19. The zero-order valence-corrected chi connectivity index (χ0v) is 15.5. The summed E-state index contributed by atoms with van der Waals surface area (Å²) in [6.07, 6.45) is 2.24. The van der Waals surface area contributed by atoms with Gasteiger partial charge in [-0.1, -0.05) is 6.92 Å². The van der Waals surface area contributed by atoms with E-state index in [-0.39, 0.29) is 23.7 Å². The molecule has 0 aromatic heterocycles. The van der Waals surface area contributed by atoms with Crippen molar-refractivity contribution in [2.75, 3.05) is 41.0 Å². The van der Waals surface area contributed by atoms with E-state index in [1.54, 1.807) is 12.1 Å². The maximum atomic E-state index is 12.5. The number of methoxy groups -OCH3 is 3. The maximum Gasteiger partial charge on any atom is 0.251 e. The van der Waals surface area contributed by atoms with Crippen molar-refractivity contribution in [2.24, 2.45) is 5.41 Å². The minimum atomic E-state index is -0.143. The molecule has 2 N–H and O–H groups in total. The summed E-state index contributed by atoms with van der Waals surface area (Å²) in [5.74, 6) is 1.29. The predicted octanol–water partition coefficient (Wildman–Crippen LogP) is 2.25. The average Bonchev–Trinajstić information content (AvgIpc) is 2.58. The van der Waals surface area contributed by atoms with Gasteiger partial charge in [-0.15, -0.1) is 12.4 Å². The van der Waals surface area contributed by atoms with Gasteiger partial charge in [-0.2, -0.15) is 0 Å². The van der Waals surface area contributed by atoms with Gasteiger partial charge in [0, 0.05) is 18.7 Å². The summed E-state index contributed by atoms with van der Waals surface area (Å²) in [6, 6.07) is 3.33. The number of piperidine rings is 1. The van der Waals surface area contributed by atoms with Crippen LogP contribution < -0.4 is 24.8 Å². The van der Waals surface area contributed by atoms with Crippen LogP contribution in [0, 0.1) is 5.41 Å².